The number of halogens is 2. The summed E-state index contributed by atoms with van der Waals surface area (Å²) >= 11 is 0. The van der Waals surface area contributed by atoms with Crippen molar-refractivity contribution in [3.63, 3.8) is 0 Å². The number of carbonyl (C=O) groups excluding carboxylic acids is 2. The monoisotopic (exact) mass is 469 g/mol. The molecule has 3 rings (SSSR count). The summed E-state index contributed by atoms with van der Waals surface area (Å²) < 4.78 is 32.4. The minimum absolute atomic E-state index is 0.0587. The molecule has 0 aliphatic heterocycles. The number of fused-ring (bicyclic) bond motifs is 1. The molecule has 1 aromatic heterocycles. The van der Waals surface area contributed by atoms with Gasteiger partial charge in [0.2, 0.25) is 5.91 Å². The predicted octanol–water partition coefficient (Wildman–Crippen LogP) is 4.35. The second-order valence-corrected chi connectivity index (χ2v) is 8.27. The van der Waals surface area contributed by atoms with Crippen LogP contribution in [0, 0.1) is 17.6 Å². The average Bonchev–Trinajstić information content (AvgIpc) is 2.82. The first-order valence-electron chi connectivity index (χ1n) is 11.3. The van der Waals surface area contributed by atoms with Crippen molar-refractivity contribution < 1.29 is 23.1 Å². The summed E-state index contributed by atoms with van der Waals surface area (Å²) in [6.45, 7) is 2.66. The number of ketones is 1. The highest BCUT2D eigenvalue weighted by Crippen LogP contribution is 2.21. The van der Waals surface area contributed by atoms with Gasteiger partial charge in [-0.3, -0.25) is 9.59 Å². The number of benzene rings is 2. The summed E-state index contributed by atoms with van der Waals surface area (Å²) in [4.78, 5) is 29.5. The highest BCUT2D eigenvalue weighted by Gasteiger charge is 2.23. The third-order valence-corrected chi connectivity index (χ3v) is 5.54. The van der Waals surface area contributed by atoms with E-state index >= 15 is 0 Å². The van der Waals surface area contributed by atoms with Gasteiger partial charge >= 0.3 is 0 Å². The molecule has 0 radical (unpaired) electrons. The molecule has 0 saturated heterocycles. The van der Waals surface area contributed by atoms with Crippen LogP contribution in [-0.4, -0.2) is 29.9 Å². The molecular formula is C26H29F2N3O3. The number of anilines is 1. The molecule has 2 aromatic carbocycles. The van der Waals surface area contributed by atoms with Gasteiger partial charge in [0.1, 0.15) is 12.4 Å². The molecule has 3 aromatic rings. The molecule has 8 heteroatoms. The van der Waals surface area contributed by atoms with Crippen molar-refractivity contribution in [3.8, 4) is 0 Å². The number of hydrogen-bond acceptors (Lipinski definition) is 5. The van der Waals surface area contributed by atoms with Crippen LogP contribution >= 0.6 is 0 Å². The number of nitrogens with one attached hydrogen (secondary N) is 1. The zero-order valence-corrected chi connectivity index (χ0v) is 19.2. The Labute approximate surface area is 197 Å². The van der Waals surface area contributed by atoms with E-state index in [4.69, 9.17) is 10.5 Å². The first-order valence-corrected chi connectivity index (χ1v) is 11.3. The first kappa shape index (κ1) is 25.2. The van der Waals surface area contributed by atoms with Crippen LogP contribution in [0.3, 0.4) is 0 Å². The van der Waals surface area contributed by atoms with E-state index in [0.29, 0.717) is 18.0 Å². The molecule has 3 N–H and O–H groups in total. The minimum atomic E-state index is -0.990. The molecule has 0 saturated carbocycles. The Morgan fingerprint density at radius 2 is 1.88 bits per heavy atom. The number of aromatic nitrogens is 1. The van der Waals surface area contributed by atoms with Crippen molar-refractivity contribution in [1.29, 1.82) is 0 Å². The maximum Gasteiger partial charge on any atom is 0.224 e. The molecule has 6 nitrogen and oxygen atoms in total. The lowest BCUT2D eigenvalue weighted by Gasteiger charge is -2.17. The topological polar surface area (TPSA) is 94.3 Å². The average molecular weight is 470 g/mol. The van der Waals surface area contributed by atoms with Crippen LogP contribution < -0.4 is 11.1 Å². The standard InChI is InChI=1S/C26H29F2N3O3/c1-2-3-10-34-16-21(32)14-20(11-17-5-7-23(27)24(28)13-17)26(33)31-15-18-4-6-22-19(12-18)8-9-30-25(22)29/h4-9,12-13,20H,2-3,10-11,14-16H2,1H3,(H2,29,30)(H,31,33)/t20-/m1/s1. The Morgan fingerprint density at radius 3 is 2.65 bits per heavy atom. The van der Waals surface area contributed by atoms with E-state index in [1.165, 1.54) is 6.07 Å². The second kappa shape index (κ2) is 12.2. The largest absolute Gasteiger partial charge is 0.383 e. The quantitative estimate of drug-likeness (QED) is 0.385. The maximum absolute atomic E-state index is 13.7. The number of nitrogen functional groups attached to an aromatic ring is 1. The van der Waals surface area contributed by atoms with E-state index in [1.807, 2.05) is 31.2 Å². The van der Waals surface area contributed by atoms with E-state index in [1.54, 1.807) is 6.20 Å². The number of unbranched alkanes of at least 4 members (excludes halogenated alkanes) is 1. The van der Waals surface area contributed by atoms with Crippen LogP contribution in [0.4, 0.5) is 14.6 Å². The Kier molecular flexibility index (Phi) is 9.04. The van der Waals surface area contributed by atoms with Gasteiger partial charge in [0.15, 0.2) is 17.4 Å². The molecule has 180 valence electrons. The van der Waals surface area contributed by atoms with Crippen molar-refractivity contribution in [2.45, 2.75) is 39.2 Å². The molecule has 34 heavy (non-hydrogen) atoms. The molecule has 0 unspecified atom stereocenters. The van der Waals surface area contributed by atoms with Crippen LogP contribution in [0.25, 0.3) is 10.8 Å². The fourth-order valence-corrected chi connectivity index (χ4v) is 3.67. The van der Waals surface area contributed by atoms with Crippen molar-refractivity contribution in [1.82, 2.24) is 10.3 Å². The van der Waals surface area contributed by atoms with Gasteiger partial charge in [0.05, 0.1) is 0 Å². The number of nitrogens with two attached hydrogens (primary N) is 1. The van der Waals surface area contributed by atoms with E-state index in [2.05, 4.69) is 10.3 Å². The van der Waals surface area contributed by atoms with Gasteiger partial charge in [-0.05, 0) is 53.6 Å². The summed E-state index contributed by atoms with van der Waals surface area (Å²) in [5.74, 6) is -2.83. The van der Waals surface area contributed by atoms with Crippen LogP contribution in [0.15, 0.2) is 48.7 Å². The van der Waals surface area contributed by atoms with Crippen molar-refractivity contribution in [3.05, 3.63) is 71.4 Å². The number of nitrogens with zero attached hydrogens (tertiary/aromatic N) is 1. The van der Waals surface area contributed by atoms with Crippen LogP contribution in [0.5, 0.6) is 0 Å². The molecule has 1 atom stereocenters. The predicted molar refractivity (Wildman–Crippen MR) is 127 cm³/mol. The van der Waals surface area contributed by atoms with Gasteiger partial charge in [-0.25, -0.2) is 13.8 Å². The zero-order valence-electron chi connectivity index (χ0n) is 19.2. The van der Waals surface area contributed by atoms with Crippen LogP contribution in [-0.2, 0) is 27.3 Å². The lowest BCUT2D eigenvalue weighted by molar-refractivity contribution is -0.131. The maximum atomic E-state index is 13.7. The SMILES string of the molecule is CCCCOCC(=O)C[C@@H](Cc1ccc(F)c(F)c1)C(=O)NCc1ccc2c(N)nccc2c1. The van der Waals surface area contributed by atoms with Gasteiger partial charge in [0.25, 0.3) is 0 Å². The number of amides is 1. The highest BCUT2D eigenvalue weighted by atomic mass is 19.2. The molecular weight excluding hydrogens is 440 g/mol. The molecule has 0 bridgehead atoms. The Morgan fingerprint density at radius 1 is 1.09 bits per heavy atom. The van der Waals surface area contributed by atoms with E-state index in [9.17, 15) is 18.4 Å². The normalized spacial score (nSPS) is 12.0. The van der Waals surface area contributed by atoms with Crippen LogP contribution in [0.1, 0.15) is 37.3 Å². The van der Waals surface area contributed by atoms with Crippen LogP contribution in [0.2, 0.25) is 0 Å². The fraction of sp³-hybridized carbons (Fsp3) is 0.346. The smallest absolute Gasteiger partial charge is 0.224 e. The second-order valence-electron chi connectivity index (χ2n) is 8.27. The summed E-state index contributed by atoms with van der Waals surface area (Å²) in [5.41, 5.74) is 7.18. The van der Waals surface area contributed by atoms with Crippen molar-refractivity contribution in [2.75, 3.05) is 18.9 Å². The van der Waals surface area contributed by atoms with E-state index < -0.39 is 17.6 Å². The van der Waals surface area contributed by atoms with Gasteiger partial charge in [-0.1, -0.05) is 31.5 Å². The lowest BCUT2D eigenvalue weighted by atomic mass is 9.93. The fourth-order valence-electron chi connectivity index (χ4n) is 3.67. The molecule has 0 aliphatic carbocycles. The third-order valence-electron chi connectivity index (χ3n) is 5.54. The van der Waals surface area contributed by atoms with E-state index in [-0.39, 0.29) is 37.7 Å². The van der Waals surface area contributed by atoms with Gasteiger partial charge in [0, 0.05) is 37.1 Å². The summed E-state index contributed by atoms with van der Waals surface area (Å²) in [6, 6.07) is 10.9. The Balaban J connectivity index is 1.68. The number of Topliss-reactive ketones (excluding diaryl/α,β-unsaturated/α-hetero) is 1. The zero-order chi connectivity index (χ0) is 24.5. The molecule has 0 aliphatic rings. The molecule has 0 fully saturated rings. The van der Waals surface area contributed by atoms with Crippen molar-refractivity contribution in [2.24, 2.45) is 5.92 Å². The first-order chi connectivity index (χ1) is 16.4. The van der Waals surface area contributed by atoms with Gasteiger partial charge in [-0.2, -0.15) is 0 Å². The summed E-state index contributed by atoms with van der Waals surface area (Å²) in [7, 11) is 0. The third kappa shape index (κ3) is 7.05. The van der Waals surface area contributed by atoms with Gasteiger partial charge in [-0.15, -0.1) is 0 Å². The molecule has 1 amide bonds. The Bertz CT molecular complexity index is 1150. The summed E-state index contributed by atoms with van der Waals surface area (Å²) in [6.07, 6.45) is 3.46. The molecule has 1 heterocycles. The van der Waals surface area contributed by atoms with Gasteiger partial charge < -0.3 is 15.8 Å². The lowest BCUT2D eigenvalue weighted by Crippen LogP contribution is -2.33. The van der Waals surface area contributed by atoms with Crippen molar-refractivity contribution >= 4 is 28.3 Å². The number of pyridine rings is 1. The molecule has 0 spiro atoms. The number of hydrogen-bond donors (Lipinski definition) is 2. The Hall–Kier alpha value is -3.39. The highest BCUT2D eigenvalue weighted by molar-refractivity contribution is 5.91. The summed E-state index contributed by atoms with van der Waals surface area (Å²) in [5, 5.41) is 4.58. The number of ether oxygens (including phenoxy) is 1. The van der Waals surface area contributed by atoms with E-state index in [0.717, 1.165) is 41.3 Å². The minimum Gasteiger partial charge on any atom is -0.383 e. The number of rotatable bonds is 12. The number of carbonyl (C=O) groups is 2.